The molecule has 14 heavy (non-hydrogen) atoms. The van der Waals surface area contributed by atoms with Crippen molar-refractivity contribution in [2.24, 2.45) is 0 Å². The lowest BCUT2D eigenvalue weighted by molar-refractivity contribution is -0.144. The van der Waals surface area contributed by atoms with E-state index in [4.69, 9.17) is 5.11 Å². The lowest BCUT2D eigenvalue weighted by Crippen LogP contribution is -2.53. The summed E-state index contributed by atoms with van der Waals surface area (Å²) < 4.78 is 0. The topological polar surface area (TPSA) is 49.3 Å². The van der Waals surface area contributed by atoms with Crippen LogP contribution in [-0.4, -0.2) is 22.7 Å². The second-order valence-electron chi connectivity index (χ2n) is 4.51. The molecule has 3 heteroatoms. The molecular weight excluding hydrogens is 178 g/mol. The number of nitrogens with one attached hydrogen (secondary N) is 1. The molecule has 1 aliphatic carbocycles. The fraction of sp³-hybridized carbons (Fsp3) is 0.909. The van der Waals surface area contributed by atoms with Gasteiger partial charge >= 0.3 is 5.97 Å². The van der Waals surface area contributed by atoms with Crippen molar-refractivity contribution >= 4 is 5.97 Å². The van der Waals surface area contributed by atoms with E-state index < -0.39 is 11.5 Å². The van der Waals surface area contributed by atoms with Gasteiger partial charge in [-0.2, -0.15) is 0 Å². The zero-order chi connectivity index (χ0) is 10.6. The Balaban J connectivity index is 2.53. The highest BCUT2D eigenvalue weighted by molar-refractivity contribution is 5.78. The number of carbonyl (C=O) groups is 1. The molecule has 1 atom stereocenters. The monoisotopic (exact) mass is 199 g/mol. The van der Waals surface area contributed by atoms with Gasteiger partial charge in [0.1, 0.15) is 5.54 Å². The van der Waals surface area contributed by atoms with E-state index in [0.717, 1.165) is 19.3 Å². The molecule has 1 fully saturated rings. The Hall–Kier alpha value is -0.570. The quantitative estimate of drug-likeness (QED) is 0.713. The first-order valence-electron chi connectivity index (χ1n) is 5.59. The number of rotatable bonds is 5. The van der Waals surface area contributed by atoms with Crippen LogP contribution in [0.5, 0.6) is 0 Å². The summed E-state index contributed by atoms with van der Waals surface area (Å²) in [5, 5.41) is 12.5. The van der Waals surface area contributed by atoms with Crippen molar-refractivity contribution in [3.05, 3.63) is 0 Å². The third-order valence-corrected chi connectivity index (χ3v) is 3.10. The predicted molar refractivity (Wildman–Crippen MR) is 56.3 cm³/mol. The Labute approximate surface area is 85.9 Å². The summed E-state index contributed by atoms with van der Waals surface area (Å²) in [7, 11) is 0. The molecular formula is C11H21NO2. The van der Waals surface area contributed by atoms with Gasteiger partial charge in [0.25, 0.3) is 0 Å². The van der Waals surface area contributed by atoms with Crippen LogP contribution in [0.3, 0.4) is 0 Å². The fourth-order valence-electron chi connectivity index (χ4n) is 2.26. The Morgan fingerprint density at radius 2 is 2.07 bits per heavy atom. The van der Waals surface area contributed by atoms with Gasteiger partial charge in [0.05, 0.1) is 0 Å². The van der Waals surface area contributed by atoms with Crippen LogP contribution in [0.2, 0.25) is 0 Å². The van der Waals surface area contributed by atoms with Gasteiger partial charge in [0.2, 0.25) is 0 Å². The highest BCUT2D eigenvalue weighted by Gasteiger charge is 2.34. The minimum absolute atomic E-state index is 0.419. The van der Waals surface area contributed by atoms with Crippen molar-refractivity contribution < 1.29 is 9.90 Å². The summed E-state index contributed by atoms with van der Waals surface area (Å²) in [6, 6.07) is 0.419. The lowest BCUT2D eigenvalue weighted by atomic mass is 9.95. The molecule has 1 aliphatic rings. The normalized spacial score (nSPS) is 22.1. The molecule has 0 heterocycles. The van der Waals surface area contributed by atoms with Crippen LogP contribution < -0.4 is 5.32 Å². The molecule has 1 saturated carbocycles. The maximum atomic E-state index is 11.1. The molecule has 0 aliphatic heterocycles. The van der Waals surface area contributed by atoms with Crippen LogP contribution in [0.1, 0.15) is 52.4 Å². The van der Waals surface area contributed by atoms with E-state index in [1.807, 2.05) is 6.92 Å². The predicted octanol–water partition coefficient (Wildman–Crippen LogP) is 2.16. The fourth-order valence-corrected chi connectivity index (χ4v) is 2.26. The van der Waals surface area contributed by atoms with Gasteiger partial charge in [-0.15, -0.1) is 0 Å². The van der Waals surface area contributed by atoms with E-state index in [0.29, 0.717) is 12.5 Å². The minimum atomic E-state index is -0.718. The second-order valence-corrected chi connectivity index (χ2v) is 4.51. The molecule has 82 valence electrons. The van der Waals surface area contributed by atoms with E-state index in [9.17, 15) is 4.79 Å². The van der Waals surface area contributed by atoms with Crippen molar-refractivity contribution in [2.45, 2.75) is 64.0 Å². The smallest absolute Gasteiger partial charge is 0.323 e. The first-order valence-corrected chi connectivity index (χ1v) is 5.59. The maximum Gasteiger partial charge on any atom is 0.323 e. The Bertz CT molecular complexity index is 199. The third-order valence-electron chi connectivity index (χ3n) is 3.10. The van der Waals surface area contributed by atoms with Gasteiger partial charge in [0, 0.05) is 6.04 Å². The lowest BCUT2D eigenvalue weighted by Gasteiger charge is -2.29. The van der Waals surface area contributed by atoms with Crippen molar-refractivity contribution in [3.8, 4) is 0 Å². The summed E-state index contributed by atoms with van der Waals surface area (Å²) in [5.41, 5.74) is -0.718. The largest absolute Gasteiger partial charge is 0.480 e. The first kappa shape index (κ1) is 11.5. The highest BCUT2D eigenvalue weighted by Crippen LogP contribution is 2.22. The maximum absolute atomic E-state index is 11.1. The minimum Gasteiger partial charge on any atom is -0.480 e. The van der Waals surface area contributed by atoms with E-state index in [1.54, 1.807) is 6.92 Å². The zero-order valence-electron chi connectivity index (χ0n) is 9.18. The van der Waals surface area contributed by atoms with Gasteiger partial charge in [-0.1, -0.05) is 26.2 Å². The molecule has 1 unspecified atom stereocenters. The van der Waals surface area contributed by atoms with Gasteiger partial charge in [0.15, 0.2) is 0 Å². The molecule has 0 amide bonds. The van der Waals surface area contributed by atoms with E-state index in [-0.39, 0.29) is 0 Å². The molecule has 0 saturated heterocycles. The number of carboxylic acids is 1. The zero-order valence-corrected chi connectivity index (χ0v) is 9.18. The summed E-state index contributed by atoms with van der Waals surface area (Å²) in [4.78, 5) is 11.1. The van der Waals surface area contributed by atoms with Crippen molar-refractivity contribution in [2.75, 3.05) is 0 Å². The van der Waals surface area contributed by atoms with Gasteiger partial charge in [-0.3, -0.25) is 10.1 Å². The average Bonchev–Trinajstić information content (AvgIpc) is 2.56. The van der Waals surface area contributed by atoms with E-state index in [1.165, 1.54) is 12.8 Å². The molecule has 1 rings (SSSR count). The van der Waals surface area contributed by atoms with E-state index in [2.05, 4.69) is 5.32 Å². The SMILES string of the molecule is CCCC(C)(NC1CCCC1)C(=O)O. The summed E-state index contributed by atoms with van der Waals surface area (Å²) in [5.74, 6) is -0.716. The molecule has 0 aromatic rings. The number of hydrogen-bond acceptors (Lipinski definition) is 2. The number of carboxylic acid groups (broad SMARTS) is 1. The Kier molecular flexibility index (Phi) is 3.93. The summed E-state index contributed by atoms with van der Waals surface area (Å²) in [6.45, 7) is 3.83. The molecule has 0 spiro atoms. The number of hydrogen-bond donors (Lipinski definition) is 2. The molecule has 3 nitrogen and oxygen atoms in total. The van der Waals surface area contributed by atoms with Crippen LogP contribution >= 0.6 is 0 Å². The second kappa shape index (κ2) is 4.78. The molecule has 2 N–H and O–H groups in total. The average molecular weight is 199 g/mol. The van der Waals surface area contributed by atoms with Gasteiger partial charge in [-0.25, -0.2) is 0 Å². The van der Waals surface area contributed by atoms with Crippen LogP contribution in [0, 0.1) is 0 Å². The molecule has 0 aromatic heterocycles. The van der Waals surface area contributed by atoms with Crippen LogP contribution in [-0.2, 0) is 4.79 Å². The molecule has 0 bridgehead atoms. The van der Waals surface area contributed by atoms with Crippen LogP contribution in [0.4, 0.5) is 0 Å². The van der Waals surface area contributed by atoms with Crippen molar-refractivity contribution in [3.63, 3.8) is 0 Å². The molecule has 0 radical (unpaired) electrons. The van der Waals surface area contributed by atoms with Crippen molar-refractivity contribution in [1.29, 1.82) is 0 Å². The Morgan fingerprint density at radius 1 is 1.50 bits per heavy atom. The summed E-state index contributed by atoms with van der Waals surface area (Å²) >= 11 is 0. The first-order chi connectivity index (χ1) is 6.58. The highest BCUT2D eigenvalue weighted by atomic mass is 16.4. The van der Waals surface area contributed by atoms with Crippen molar-refractivity contribution in [1.82, 2.24) is 5.32 Å². The number of aliphatic carboxylic acids is 1. The summed E-state index contributed by atoms with van der Waals surface area (Å²) in [6.07, 6.45) is 6.35. The van der Waals surface area contributed by atoms with Gasteiger partial charge < -0.3 is 5.11 Å². The standard InChI is InChI=1S/C11H21NO2/c1-3-8-11(2,10(13)14)12-9-6-4-5-7-9/h9,12H,3-8H2,1-2H3,(H,13,14). The Morgan fingerprint density at radius 3 is 2.50 bits per heavy atom. The van der Waals surface area contributed by atoms with E-state index >= 15 is 0 Å². The van der Waals surface area contributed by atoms with Crippen LogP contribution in [0.25, 0.3) is 0 Å². The molecule has 0 aromatic carbocycles. The van der Waals surface area contributed by atoms with Gasteiger partial charge in [-0.05, 0) is 26.2 Å². The van der Waals surface area contributed by atoms with Crippen LogP contribution in [0.15, 0.2) is 0 Å². The third kappa shape index (κ3) is 2.71.